The maximum Gasteiger partial charge on any atom is 0.256 e. The monoisotopic (exact) mass is 1000 g/mol. The molecule has 11 aromatic rings. The van der Waals surface area contributed by atoms with E-state index in [1.807, 2.05) is 0 Å². The van der Waals surface area contributed by atoms with Crippen molar-refractivity contribution in [2.24, 2.45) is 17.8 Å². The van der Waals surface area contributed by atoms with Crippen LogP contribution < -0.4 is 26.0 Å². The highest BCUT2D eigenvalue weighted by Gasteiger charge is 2.57. The van der Waals surface area contributed by atoms with E-state index in [0.29, 0.717) is 0 Å². The van der Waals surface area contributed by atoms with Crippen molar-refractivity contribution in [3.63, 3.8) is 0 Å². The Balaban J connectivity index is 0.962. The molecule has 0 amide bonds. The van der Waals surface area contributed by atoms with Crippen LogP contribution >= 0.6 is 0 Å². The van der Waals surface area contributed by atoms with Gasteiger partial charge in [-0.3, -0.25) is 0 Å². The summed E-state index contributed by atoms with van der Waals surface area (Å²) in [5, 5.41) is 2.48. The van der Waals surface area contributed by atoms with Crippen LogP contribution in [0.1, 0.15) is 64.9 Å². The molecule has 10 aromatic carbocycles. The summed E-state index contributed by atoms with van der Waals surface area (Å²) in [6, 6.07) is 84.6. The average Bonchev–Trinajstić information content (AvgIpc) is 3.70. The number of hydrogen-bond acceptors (Lipinski definition) is 2. The highest BCUT2D eigenvalue weighted by molar-refractivity contribution is 6.99. The largest absolute Gasteiger partial charge is 0.458 e. The third-order valence-corrected chi connectivity index (χ3v) is 18.9. The maximum atomic E-state index is 7.50. The Morgan fingerprint density at radius 3 is 1.46 bits per heavy atom. The number of aromatic nitrogens is 1. The minimum atomic E-state index is -0.0917. The van der Waals surface area contributed by atoms with Crippen LogP contribution in [0.25, 0.3) is 83.1 Å². The van der Waals surface area contributed by atoms with Gasteiger partial charge in [-0.1, -0.05) is 185 Å². The van der Waals surface area contributed by atoms with E-state index in [4.69, 9.17) is 4.74 Å². The fraction of sp³-hybridized carbons (Fsp3) is 0.189. The third-order valence-electron chi connectivity index (χ3n) is 18.9. The van der Waals surface area contributed by atoms with Crippen molar-refractivity contribution in [2.75, 3.05) is 4.90 Å². The van der Waals surface area contributed by atoms with E-state index in [-0.39, 0.29) is 17.7 Å². The fourth-order valence-corrected chi connectivity index (χ4v) is 15.7. The highest BCUT2D eigenvalue weighted by Crippen LogP contribution is 2.61. The summed E-state index contributed by atoms with van der Waals surface area (Å²) in [7, 11) is 0. The minimum absolute atomic E-state index is 0.00147. The molecule has 1 aromatic heterocycles. The van der Waals surface area contributed by atoms with Gasteiger partial charge in [0.1, 0.15) is 11.5 Å². The summed E-state index contributed by atoms with van der Waals surface area (Å²) < 4.78 is 10.0. The molecular weight excluding hydrogens is 944 g/mol. The third kappa shape index (κ3) is 7.25. The van der Waals surface area contributed by atoms with Crippen LogP contribution in [0.15, 0.2) is 224 Å². The number of anilines is 2. The van der Waals surface area contributed by atoms with E-state index < -0.39 is 0 Å². The van der Waals surface area contributed by atoms with Crippen molar-refractivity contribution in [1.29, 1.82) is 0 Å². The zero-order chi connectivity index (χ0) is 51.9. The SMILES string of the molecule is CC(C)(C)c1ccc(-c2cc3c4c(c2)N(C25CC6CC(CC(C6)C2)C5)c2cc(-c5ccccc5)c(-c5ccccc5)cc2B4c2cc(-n4c5ccc(-c6ccccc6)cc5c5cc(-c6ccccc6)ccc54)ccc2O3)cc1. The predicted octanol–water partition coefficient (Wildman–Crippen LogP) is 17.5. The van der Waals surface area contributed by atoms with Gasteiger partial charge in [-0.05, 0) is 200 Å². The summed E-state index contributed by atoms with van der Waals surface area (Å²) in [5.41, 5.74) is 23.8. The van der Waals surface area contributed by atoms with Crippen molar-refractivity contribution in [3.05, 3.63) is 230 Å². The number of fused-ring (bicyclic) bond motifs is 7. The lowest BCUT2D eigenvalue weighted by atomic mass is 9.33. The second-order valence-electron chi connectivity index (χ2n) is 24.7. The summed E-state index contributed by atoms with van der Waals surface area (Å²) in [5.74, 6) is 4.18. The second-order valence-corrected chi connectivity index (χ2v) is 24.7. The first-order valence-corrected chi connectivity index (χ1v) is 28.6. The molecule has 2 aliphatic heterocycles. The maximum absolute atomic E-state index is 7.50. The molecule has 4 saturated carbocycles. The van der Waals surface area contributed by atoms with Gasteiger partial charge in [0, 0.05) is 33.4 Å². The molecule has 0 spiro atoms. The Kier molecular flexibility index (Phi) is 10.2. The molecule has 0 radical (unpaired) electrons. The Morgan fingerprint density at radius 1 is 0.423 bits per heavy atom. The van der Waals surface area contributed by atoms with Crippen molar-refractivity contribution >= 4 is 56.3 Å². The van der Waals surface area contributed by atoms with Gasteiger partial charge < -0.3 is 14.2 Å². The van der Waals surface area contributed by atoms with E-state index in [9.17, 15) is 0 Å². The van der Waals surface area contributed by atoms with Crippen LogP contribution in [-0.4, -0.2) is 16.8 Å². The molecule has 3 heterocycles. The molecule has 78 heavy (non-hydrogen) atoms. The van der Waals surface area contributed by atoms with Crippen molar-refractivity contribution in [3.8, 4) is 72.8 Å². The lowest BCUT2D eigenvalue weighted by Gasteiger charge is -2.62. The van der Waals surface area contributed by atoms with E-state index in [2.05, 4.69) is 255 Å². The van der Waals surface area contributed by atoms with Gasteiger partial charge in [-0.25, -0.2) is 0 Å². The van der Waals surface area contributed by atoms with Gasteiger partial charge in [-0.2, -0.15) is 0 Å². The van der Waals surface area contributed by atoms with E-state index in [1.54, 1.807) is 0 Å². The summed E-state index contributed by atoms with van der Waals surface area (Å²) in [6.45, 7) is 6.83. The standard InChI is InChI=1S/C74H61BN2O/c1-73(2,3)58-28-24-52(25-29-58)57-39-69-72-71(40-57)78-70-33-30-59(76-66-31-26-55(50-16-8-4-9-17-50)37-62(66)63-38-56(27-32-67(63)76)51-18-10-5-11-19-51)41-65(70)75(72)64-42-60(53-20-12-6-13-21-53)61(54-22-14-7-15-23-54)43-68(64)77(69)74-44-47-34-48(45-74)36-49(35-47)46-74/h4-33,37-43,47-49H,34-36,44-46H2,1-3H3. The Labute approximate surface area is 458 Å². The molecule has 4 bridgehead atoms. The van der Waals surface area contributed by atoms with E-state index in [0.717, 1.165) is 34.9 Å². The number of nitrogens with zero attached hydrogens (tertiary/aromatic N) is 2. The molecule has 6 aliphatic rings. The van der Waals surface area contributed by atoms with Crippen LogP contribution in [0.5, 0.6) is 11.5 Å². The molecule has 4 heteroatoms. The summed E-state index contributed by atoms with van der Waals surface area (Å²) in [6.07, 6.45) is 7.84. The van der Waals surface area contributed by atoms with Gasteiger partial charge in [0.05, 0.1) is 11.0 Å². The first kappa shape index (κ1) is 45.8. The second kappa shape index (κ2) is 17.3. The van der Waals surface area contributed by atoms with Gasteiger partial charge in [0.15, 0.2) is 0 Å². The van der Waals surface area contributed by atoms with E-state index >= 15 is 0 Å². The number of benzene rings is 10. The van der Waals surface area contributed by atoms with Gasteiger partial charge in [0.2, 0.25) is 0 Å². The van der Waals surface area contributed by atoms with E-state index in [1.165, 1.54) is 149 Å². The molecule has 4 aliphatic carbocycles. The lowest BCUT2D eigenvalue weighted by Crippen LogP contribution is -2.66. The first-order valence-electron chi connectivity index (χ1n) is 28.6. The average molecular weight is 1010 g/mol. The number of rotatable bonds is 7. The molecule has 0 N–H and O–H groups in total. The summed E-state index contributed by atoms with van der Waals surface area (Å²) >= 11 is 0. The Bertz CT molecular complexity index is 4040. The molecule has 4 fully saturated rings. The normalized spacial score (nSPS) is 19.7. The zero-order valence-corrected chi connectivity index (χ0v) is 44.7. The molecule has 3 nitrogen and oxygen atoms in total. The Hall–Kier alpha value is -8.34. The molecule has 0 atom stereocenters. The van der Waals surface area contributed by atoms with Gasteiger partial charge in [0.25, 0.3) is 6.71 Å². The van der Waals surface area contributed by atoms with Gasteiger partial charge >= 0.3 is 0 Å². The number of ether oxygens (including phenoxy) is 1. The molecule has 0 saturated heterocycles. The van der Waals surface area contributed by atoms with Crippen molar-refractivity contribution < 1.29 is 4.74 Å². The fourth-order valence-electron chi connectivity index (χ4n) is 15.7. The number of hydrogen-bond donors (Lipinski definition) is 0. The van der Waals surface area contributed by atoms with Crippen LogP contribution in [0.3, 0.4) is 0 Å². The molecule has 0 unspecified atom stereocenters. The summed E-state index contributed by atoms with van der Waals surface area (Å²) in [4.78, 5) is 2.94. The Morgan fingerprint density at radius 2 is 0.923 bits per heavy atom. The van der Waals surface area contributed by atoms with Crippen LogP contribution in [0.2, 0.25) is 0 Å². The minimum Gasteiger partial charge on any atom is -0.458 e. The van der Waals surface area contributed by atoms with Crippen LogP contribution in [0.4, 0.5) is 11.4 Å². The van der Waals surface area contributed by atoms with Crippen molar-refractivity contribution in [2.45, 2.75) is 70.3 Å². The molecule has 376 valence electrons. The molecular formula is C74H61BN2O. The topological polar surface area (TPSA) is 17.4 Å². The van der Waals surface area contributed by atoms with Crippen LogP contribution in [0, 0.1) is 17.8 Å². The smallest absolute Gasteiger partial charge is 0.256 e. The predicted molar refractivity (Wildman–Crippen MR) is 327 cm³/mol. The highest BCUT2D eigenvalue weighted by atomic mass is 16.5. The first-order chi connectivity index (χ1) is 38.2. The zero-order valence-electron chi connectivity index (χ0n) is 44.7. The van der Waals surface area contributed by atoms with Gasteiger partial charge in [-0.15, -0.1) is 0 Å². The van der Waals surface area contributed by atoms with Crippen molar-refractivity contribution in [1.82, 2.24) is 4.57 Å². The molecule has 17 rings (SSSR count). The van der Waals surface area contributed by atoms with Crippen LogP contribution in [-0.2, 0) is 5.41 Å². The lowest BCUT2D eigenvalue weighted by molar-refractivity contribution is 0.000634. The quantitative estimate of drug-likeness (QED) is 0.148.